The van der Waals surface area contributed by atoms with Crippen LogP contribution in [-0.4, -0.2) is 24.4 Å². The van der Waals surface area contributed by atoms with Gasteiger partial charge in [0, 0.05) is 5.92 Å². The summed E-state index contributed by atoms with van der Waals surface area (Å²) in [5.74, 6) is 1.82. The predicted octanol–water partition coefficient (Wildman–Crippen LogP) is 3.89. The van der Waals surface area contributed by atoms with E-state index < -0.39 is 0 Å². The fraction of sp³-hybridized carbons (Fsp3) is 0.647. The summed E-state index contributed by atoms with van der Waals surface area (Å²) < 4.78 is 11.3. The smallest absolute Gasteiger partial charge is 0.161 e. The van der Waals surface area contributed by atoms with Gasteiger partial charge in [-0.05, 0) is 44.4 Å². The molecule has 0 heterocycles. The monoisotopic (exact) mass is 278 g/mol. The molecule has 1 aliphatic rings. The minimum atomic E-state index is -0.232. The lowest BCUT2D eigenvalue weighted by atomic mass is 9.89. The van der Waals surface area contributed by atoms with Crippen molar-refractivity contribution < 1.29 is 14.6 Å². The largest absolute Gasteiger partial charge is 0.490 e. The zero-order valence-electron chi connectivity index (χ0n) is 12.6. The number of hydrogen-bond donors (Lipinski definition) is 1. The molecule has 2 rings (SSSR count). The average molecular weight is 278 g/mol. The van der Waals surface area contributed by atoms with Gasteiger partial charge in [0.15, 0.2) is 11.5 Å². The molecule has 112 valence electrons. The highest BCUT2D eigenvalue weighted by Gasteiger charge is 2.24. The van der Waals surface area contributed by atoms with Crippen molar-refractivity contribution in [3.8, 4) is 11.5 Å². The van der Waals surface area contributed by atoms with Gasteiger partial charge in [0.25, 0.3) is 0 Å². The lowest BCUT2D eigenvalue weighted by Crippen LogP contribution is -2.17. The SMILES string of the molecule is CCOc1ccc(C2CCCCCC2O)cc1OCC. The molecule has 0 amide bonds. The molecule has 1 aliphatic carbocycles. The Hall–Kier alpha value is -1.22. The van der Waals surface area contributed by atoms with Gasteiger partial charge in [0.05, 0.1) is 19.3 Å². The third-order valence-electron chi connectivity index (χ3n) is 3.98. The molecular weight excluding hydrogens is 252 g/mol. The van der Waals surface area contributed by atoms with Crippen LogP contribution in [0.15, 0.2) is 18.2 Å². The van der Waals surface area contributed by atoms with Crippen molar-refractivity contribution in [2.45, 2.75) is 58.0 Å². The molecule has 2 atom stereocenters. The van der Waals surface area contributed by atoms with Crippen molar-refractivity contribution in [1.82, 2.24) is 0 Å². The van der Waals surface area contributed by atoms with E-state index >= 15 is 0 Å². The van der Waals surface area contributed by atoms with E-state index in [4.69, 9.17) is 9.47 Å². The minimum absolute atomic E-state index is 0.229. The van der Waals surface area contributed by atoms with E-state index in [1.165, 1.54) is 18.4 Å². The summed E-state index contributed by atoms with van der Waals surface area (Å²) in [4.78, 5) is 0. The van der Waals surface area contributed by atoms with E-state index in [1.807, 2.05) is 26.0 Å². The van der Waals surface area contributed by atoms with Gasteiger partial charge in [0.1, 0.15) is 0 Å². The zero-order chi connectivity index (χ0) is 14.4. The topological polar surface area (TPSA) is 38.7 Å². The minimum Gasteiger partial charge on any atom is -0.490 e. The third kappa shape index (κ3) is 3.66. The van der Waals surface area contributed by atoms with Gasteiger partial charge in [-0.1, -0.05) is 25.3 Å². The van der Waals surface area contributed by atoms with E-state index in [-0.39, 0.29) is 12.0 Å². The predicted molar refractivity (Wildman–Crippen MR) is 80.6 cm³/mol. The number of ether oxygens (including phenoxy) is 2. The van der Waals surface area contributed by atoms with E-state index in [1.54, 1.807) is 0 Å². The van der Waals surface area contributed by atoms with Crippen molar-refractivity contribution in [3.63, 3.8) is 0 Å². The number of aliphatic hydroxyl groups is 1. The summed E-state index contributed by atoms with van der Waals surface area (Å²) in [6, 6.07) is 6.10. The molecule has 0 saturated heterocycles. The highest BCUT2D eigenvalue weighted by Crippen LogP contribution is 2.37. The Morgan fingerprint density at radius 1 is 1.00 bits per heavy atom. The van der Waals surface area contributed by atoms with Crippen LogP contribution in [0.25, 0.3) is 0 Å². The quantitative estimate of drug-likeness (QED) is 0.830. The van der Waals surface area contributed by atoms with Crippen LogP contribution in [0.5, 0.6) is 11.5 Å². The molecule has 3 nitrogen and oxygen atoms in total. The molecule has 0 spiro atoms. The second-order valence-electron chi connectivity index (χ2n) is 5.38. The van der Waals surface area contributed by atoms with E-state index in [0.29, 0.717) is 13.2 Å². The van der Waals surface area contributed by atoms with Crippen LogP contribution in [0.4, 0.5) is 0 Å². The first kappa shape index (κ1) is 15.2. The van der Waals surface area contributed by atoms with Crippen molar-refractivity contribution in [3.05, 3.63) is 23.8 Å². The second-order valence-corrected chi connectivity index (χ2v) is 5.38. The van der Waals surface area contributed by atoms with Gasteiger partial charge >= 0.3 is 0 Å². The zero-order valence-corrected chi connectivity index (χ0v) is 12.6. The van der Waals surface area contributed by atoms with Gasteiger partial charge < -0.3 is 14.6 Å². The first-order valence-corrected chi connectivity index (χ1v) is 7.83. The average Bonchev–Trinajstić information content (AvgIpc) is 2.66. The molecular formula is C17H26O3. The maximum absolute atomic E-state index is 10.3. The maximum Gasteiger partial charge on any atom is 0.161 e. The van der Waals surface area contributed by atoms with Crippen molar-refractivity contribution >= 4 is 0 Å². The highest BCUT2D eigenvalue weighted by molar-refractivity contribution is 5.44. The first-order valence-electron chi connectivity index (χ1n) is 7.83. The summed E-state index contributed by atoms with van der Waals surface area (Å²) in [6.07, 6.45) is 5.28. The van der Waals surface area contributed by atoms with Crippen LogP contribution in [0.3, 0.4) is 0 Å². The molecule has 20 heavy (non-hydrogen) atoms. The normalized spacial score (nSPS) is 23.1. The van der Waals surface area contributed by atoms with Gasteiger partial charge in [-0.2, -0.15) is 0 Å². The second kappa shape index (κ2) is 7.53. The van der Waals surface area contributed by atoms with E-state index in [0.717, 1.165) is 30.8 Å². The molecule has 3 heteroatoms. The lowest BCUT2D eigenvalue weighted by molar-refractivity contribution is 0.135. The van der Waals surface area contributed by atoms with Crippen LogP contribution in [0.2, 0.25) is 0 Å². The van der Waals surface area contributed by atoms with Gasteiger partial charge in [-0.25, -0.2) is 0 Å². The Kier molecular flexibility index (Phi) is 5.72. The van der Waals surface area contributed by atoms with Crippen molar-refractivity contribution in [2.24, 2.45) is 0 Å². The fourth-order valence-corrected chi connectivity index (χ4v) is 2.98. The highest BCUT2D eigenvalue weighted by atomic mass is 16.5. The molecule has 1 fully saturated rings. The summed E-state index contributed by atoms with van der Waals surface area (Å²) in [5, 5.41) is 10.3. The number of aliphatic hydroxyl groups excluding tert-OH is 1. The molecule has 0 aromatic heterocycles. The Labute approximate surface area is 121 Å². The van der Waals surface area contributed by atoms with E-state index in [2.05, 4.69) is 6.07 Å². The fourth-order valence-electron chi connectivity index (χ4n) is 2.98. The van der Waals surface area contributed by atoms with Crippen molar-refractivity contribution in [1.29, 1.82) is 0 Å². The molecule has 0 radical (unpaired) electrons. The van der Waals surface area contributed by atoms with Gasteiger partial charge in [-0.3, -0.25) is 0 Å². The maximum atomic E-state index is 10.3. The van der Waals surface area contributed by atoms with Crippen LogP contribution in [0, 0.1) is 0 Å². The number of rotatable bonds is 5. The van der Waals surface area contributed by atoms with E-state index in [9.17, 15) is 5.11 Å². The standard InChI is InChI=1S/C17H26O3/c1-3-19-16-11-10-13(12-17(16)20-4-2)14-8-6-5-7-9-15(14)18/h10-12,14-15,18H,3-9H2,1-2H3. The molecule has 1 aromatic rings. The van der Waals surface area contributed by atoms with Crippen LogP contribution in [0.1, 0.15) is 57.4 Å². The molecule has 0 aliphatic heterocycles. The Bertz CT molecular complexity index is 417. The van der Waals surface area contributed by atoms with Gasteiger partial charge in [-0.15, -0.1) is 0 Å². The number of benzene rings is 1. The third-order valence-corrected chi connectivity index (χ3v) is 3.98. The number of hydrogen-bond acceptors (Lipinski definition) is 3. The summed E-state index contributed by atoms with van der Waals surface area (Å²) in [7, 11) is 0. The Morgan fingerprint density at radius 3 is 2.45 bits per heavy atom. The Morgan fingerprint density at radius 2 is 1.70 bits per heavy atom. The summed E-state index contributed by atoms with van der Waals surface area (Å²) in [5.41, 5.74) is 1.17. The van der Waals surface area contributed by atoms with Crippen LogP contribution >= 0.6 is 0 Å². The molecule has 1 aromatic carbocycles. The van der Waals surface area contributed by atoms with Crippen LogP contribution < -0.4 is 9.47 Å². The molecule has 2 unspecified atom stereocenters. The lowest BCUT2D eigenvalue weighted by Gasteiger charge is -2.22. The Balaban J connectivity index is 2.24. The van der Waals surface area contributed by atoms with Crippen molar-refractivity contribution in [2.75, 3.05) is 13.2 Å². The first-order chi connectivity index (χ1) is 9.76. The molecule has 1 saturated carbocycles. The van der Waals surface area contributed by atoms with Crippen LogP contribution in [-0.2, 0) is 0 Å². The summed E-state index contributed by atoms with van der Waals surface area (Å²) in [6.45, 7) is 5.20. The summed E-state index contributed by atoms with van der Waals surface area (Å²) >= 11 is 0. The molecule has 0 bridgehead atoms. The molecule has 1 N–H and O–H groups in total. The van der Waals surface area contributed by atoms with Gasteiger partial charge in [0.2, 0.25) is 0 Å².